The van der Waals surface area contributed by atoms with Crippen molar-refractivity contribution in [2.45, 2.75) is 46.3 Å². The molecule has 130 valence electrons. The van der Waals surface area contributed by atoms with E-state index in [9.17, 15) is 0 Å². The average molecular weight is 325 g/mol. The lowest BCUT2D eigenvalue weighted by Crippen LogP contribution is -2.42. The molecule has 2 rings (SSSR count). The van der Waals surface area contributed by atoms with Gasteiger partial charge in [-0.25, -0.2) is 0 Å². The third-order valence-electron chi connectivity index (χ3n) is 4.38. The summed E-state index contributed by atoms with van der Waals surface area (Å²) in [6, 6.07) is 22.2. The third-order valence-corrected chi connectivity index (χ3v) is 4.38. The zero-order valence-electron chi connectivity index (χ0n) is 15.4. The summed E-state index contributed by atoms with van der Waals surface area (Å²) in [6.45, 7) is 11.0. The highest BCUT2D eigenvalue weighted by molar-refractivity contribution is 5.17. The number of benzene rings is 2. The molecule has 2 aromatic rings. The minimum Gasteiger partial charge on any atom is -0.315 e. The molecule has 0 radical (unpaired) electrons. The molecule has 0 aliphatic rings. The van der Waals surface area contributed by atoms with Gasteiger partial charge in [0.2, 0.25) is 0 Å². The maximum atomic E-state index is 3.65. The molecule has 2 aromatic carbocycles. The predicted molar refractivity (Wildman–Crippen MR) is 104 cm³/mol. The van der Waals surface area contributed by atoms with Gasteiger partial charge in [-0.3, -0.25) is 4.90 Å². The summed E-state index contributed by atoms with van der Waals surface area (Å²) < 4.78 is 0. The van der Waals surface area contributed by atoms with Crippen molar-refractivity contribution in [1.82, 2.24) is 10.2 Å². The molecule has 0 amide bonds. The SMILES string of the molecule is CCC(CNCC(C)C)N(Cc1ccccc1)Cc1ccccc1. The van der Waals surface area contributed by atoms with Crippen LogP contribution in [0.1, 0.15) is 38.3 Å². The lowest BCUT2D eigenvalue weighted by atomic mass is 10.1. The molecular weight excluding hydrogens is 292 g/mol. The molecule has 0 spiro atoms. The Balaban J connectivity index is 2.07. The lowest BCUT2D eigenvalue weighted by Gasteiger charge is -2.32. The van der Waals surface area contributed by atoms with E-state index in [1.807, 2.05) is 0 Å². The Kier molecular flexibility index (Phi) is 8.00. The Labute approximate surface area is 147 Å². The standard InChI is InChI=1S/C22H32N2/c1-4-22(16-23-15-19(2)3)24(17-20-11-7-5-8-12-20)18-21-13-9-6-10-14-21/h5-14,19,22-23H,4,15-18H2,1-3H3. The molecule has 2 heteroatoms. The molecule has 0 fully saturated rings. The van der Waals surface area contributed by atoms with E-state index < -0.39 is 0 Å². The Morgan fingerprint density at radius 1 is 0.792 bits per heavy atom. The fourth-order valence-electron chi connectivity index (χ4n) is 3.02. The van der Waals surface area contributed by atoms with Crippen molar-refractivity contribution < 1.29 is 0 Å². The van der Waals surface area contributed by atoms with E-state index in [1.165, 1.54) is 11.1 Å². The highest BCUT2D eigenvalue weighted by Crippen LogP contribution is 2.15. The van der Waals surface area contributed by atoms with Crippen LogP contribution in [0.2, 0.25) is 0 Å². The van der Waals surface area contributed by atoms with E-state index in [1.54, 1.807) is 0 Å². The second-order valence-corrected chi connectivity index (χ2v) is 6.99. The highest BCUT2D eigenvalue weighted by atomic mass is 15.2. The largest absolute Gasteiger partial charge is 0.315 e. The molecule has 0 aromatic heterocycles. The predicted octanol–water partition coefficient (Wildman–Crippen LogP) is 4.71. The molecule has 24 heavy (non-hydrogen) atoms. The fraction of sp³-hybridized carbons (Fsp3) is 0.455. The molecule has 0 aliphatic carbocycles. The van der Waals surface area contributed by atoms with Crippen LogP contribution in [-0.4, -0.2) is 24.0 Å². The van der Waals surface area contributed by atoms with Crippen molar-refractivity contribution in [3.63, 3.8) is 0 Å². The van der Waals surface area contributed by atoms with Crippen LogP contribution in [0.15, 0.2) is 60.7 Å². The van der Waals surface area contributed by atoms with Crippen molar-refractivity contribution in [2.75, 3.05) is 13.1 Å². The van der Waals surface area contributed by atoms with Crippen molar-refractivity contribution in [3.8, 4) is 0 Å². The highest BCUT2D eigenvalue weighted by Gasteiger charge is 2.17. The smallest absolute Gasteiger partial charge is 0.0240 e. The summed E-state index contributed by atoms with van der Waals surface area (Å²) in [7, 11) is 0. The maximum absolute atomic E-state index is 3.65. The van der Waals surface area contributed by atoms with Crippen molar-refractivity contribution in [1.29, 1.82) is 0 Å². The average Bonchev–Trinajstić information content (AvgIpc) is 2.60. The van der Waals surface area contributed by atoms with Gasteiger partial charge in [0, 0.05) is 25.7 Å². The molecule has 0 saturated heterocycles. The molecule has 0 saturated carbocycles. The zero-order chi connectivity index (χ0) is 17.2. The van der Waals surface area contributed by atoms with E-state index in [0.29, 0.717) is 12.0 Å². The Hall–Kier alpha value is -1.64. The summed E-state index contributed by atoms with van der Waals surface area (Å²) in [5.41, 5.74) is 2.77. The van der Waals surface area contributed by atoms with Gasteiger partial charge < -0.3 is 5.32 Å². The summed E-state index contributed by atoms with van der Waals surface area (Å²) in [4.78, 5) is 2.61. The van der Waals surface area contributed by atoms with E-state index in [0.717, 1.165) is 32.6 Å². The van der Waals surface area contributed by atoms with Crippen LogP contribution >= 0.6 is 0 Å². The minimum atomic E-state index is 0.546. The summed E-state index contributed by atoms with van der Waals surface area (Å²) in [5, 5.41) is 3.65. The van der Waals surface area contributed by atoms with Crippen LogP contribution in [0.25, 0.3) is 0 Å². The van der Waals surface area contributed by atoms with Gasteiger partial charge in [-0.15, -0.1) is 0 Å². The summed E-state index contributed by atoms with van der Waals surface area (Å²) in [6.07, 6.45) is 1.16. The summed E-state index contributed by atoms with van der Waals surface area (Å²) in [5.74, 6) is 0.694. The van der Waals surface area contributed by atoms with Gasteiger partial charge >= 0.3 is 0 Å². The van der Waals surface area contributed by atoms with Crippen LogP contribution in [0.3, 0.4) is 0 Å². The normalized spacial score (nSPS) is 12.7. The zero-order valence-corrected chi connectivity index (χ0v) is 15.4. The summed E-state index contributed by atoms with van der Waals surface area (Å²) >= 11 is 0. The second kappa shape index (κ2) is 10.3. The second-order valence-electron chi connectivity index (χ2n) is 6.99. The molecule has 2 nitrogen and oxygen atoms in total. The Bertz CT molecular complexity index is 509. The Morgan fingerprint density at radius 2 is 1.29 bits per heavy atom. The Morgan fingerprint density at radius 3 is 1.71 bits per heavy atom. The van der Waals surface area contributed by atoms with Gasteiger partial charge in [-0.2, -0.15) is 0 Å². The van der Waals surface area contributed by atoms with Gasteiger partial charge in [0.15, 0.2) is 0 Å². The number of hydrogen-bond donors (Lipinski definition) is 1. The van der Waals surface area contributed by atoms with Gasteiger partial charge in [0.05, 0.1) is 0 Å². The quantitative estimate of drug-likeness (QED) is 0.680. The van der Waals surface area contributed by atoms with E-state index >= 15 is 0 Å². The number of nitrogens with zero attached hydrogens (tertiary/aromatic N) is 1. The molecule has 1 atom stereocenters. The van der Waals surface area contributed by atoms with E-state index in [4.69, 9.17) is 0 Å². The first-order valence-electron chi connectivity index (χ1n) is 9.21. The van der Waals surface area contributed by atoms with Crippen molar-refractivity contribution in [2.24, 2.45) is 5.92 Å². The molecule has 0 aliphatic heterocycles. The number of nitrogens with one attached hydrogen (secondary N) is 1. The van der Waals surface area contributed by atoms with Crippen molar-refractivity contribution >= 4 is 0 Å². The monoisotopic (exact) mass is 324 g/mol. The topological polar surface area (TPSA) is 15.3 Å². The van der Waals surface area contributed by atoms with Gasteiger partial charge in [0.25, 0.3) is 0 Å². The van der Waals surface area contributed by atoms with Gasteiger partial charge in [-0.05, 0) is 30.0 Å². The molecule has 0 bridgehead atoms. The van der Waals surface area contributed by atoms with Crippen LogP contribution in [0.4, 0.5) is 0 Å². The first-order valence-corrected chi connectivity index (χ1v) is 9.21. The first kappa shape index (κ1) is 18.7. The van der Waals surface area contributed by atoms with Crippen LogP contribution < -0.4 is 5.32 Å². The van der Waals surface area contributed by atoms with Gasteiger partial charge in [0.1, 0.15) is 0 Å². The first-order chi connectivity index (χ1) is 11.7. The lowest BCUT2D eigenvalue weighted by molar-refractivity contribution is 0.168. The molecule has 0 heterocycles. The minimum absolute atomic E-state index is 0.546. The van der Waals surface area contributed by atoms with Crippen LogP contribution in [0, 0.1) is 5.92 Å². The van der Waals surface area contributed by atoms with Gasteiger partial charge in [-0.1, -0.05) is 81.4 Å². The van der Waals surface area contributed by atoms with Crippen molar-refractivity contribution in [3.05, 3.63) is 71.8 Å². The van der Waals surface area contributed by atoms with E-state index in [-0.39, 0.29) is 0 Å². The molecule has 1 unspecified atom stereocenters. The third kappa shape index (κ3) is 6.46. The van der Waals surface area contributed by atoms with E-state index in [2.05, 4.69) is 91.7 Å². The number of rotatable bonds is 10. The number of hydrogen-bond acceptors (Lipinski definition) is 2. The van der Waals surface area contributed by atoms with Crippen LogP contribution in [0.5, 0.6) is 0 Å². The molecular formula is C22H32N2. The maximum Gasteiger partial charge on any atom is 0.0240 e. The fourth-order valence-corrected chi connectivity index (χ4v) is 3.02. The molecule has 1 N–H and O–H groups in total. The van der Waals surface area contributed by atoms with Crippen LogP contribution in [-0.2, 0) is 13.1 Å².